The Kier molecular flexibility index (Phi) is 2.38. The van der Waals surface area contributed by atoms with E-state index in [0.29, 0.717) is 5.41 Å². The maximum absolute atomic E-state index is 5.27. The zero-order chi connectivity index (χ0) is 13.0. The first kappa shape index (κ1) is 11.8. The largest absolute Gasteiger partial charge is 0.497 e. The van der Waals surface area contributed by atoms with Crippen LogP contribution >= 0.6 is 0 Å². The molecule has 0 radical (unpaired) electrons. The van der Waals surface area contributed by atoms with Gasteiger partial charge in [-0.3, -0.25) is 0 Å². The molecule has 0 amide bonds. The first-order chi connectivity index (χ1) is 8.52. The normalized spacial score (nSPS) is 32.8. The van der Waals surface area contributed by atoms with Gasteiger partial charge in [-0.25, -0.2) is 0 Å². The molecule has 2 bridgehead atoms. The zero-order valence-corrected chi connectivity index (χ0v) is 11.6. The molecule has 0 heterocycles. The van der Waals surface area contributed by atoms with E-state index in [2.05, 4.69) is 44.7 Å². The minimum atomic E-state index is 0.198. The number of ether oxygens (including phenoxy) is 1. The second-order valence-corrected chi connectivity index (χ2v) is 6.40. The third kappa shape index (κ3) is 1.23. The maximum Gasteiger partial charge on any atom is 0.118 e. The average Bonchev–Trinajstić information content (AvgIpc) is 2.73. The molecule has 0 spiro atoms. The third-order valence-corrected chi connectivity index (χ3v) is 5.67. The van der Waals surface area contributed by atoms with Gasteiger partial charge in [-0.05, 0) is 48.3 Å². The van der Waals surface area contributed by atoms with Crippen LogP contribution < -0.4 is 4.74 Å². The number of rotatable bonds is 2. The Bertz CT molecular complexity index is 483. The van der Waals surface area contributed by atoms with Crippen molar-refractivity contribution in [3.63, 3.8) is 0 Å². The molecule has 2 aliphatic carbocycles. The molecule has 0 unspecified atom stereocenters. The summed E-state index contributed by atoms with van der Waals surface area (Å²) in [5, 5.41) is 0. The molecule has 2 atom stereocenters. The van der Waals surface area contributed by atoms with Gasteiger partial charge < -0.3 is 4.74 Å². The van der Waals surface area contributed by atoms with Gasteiger partial charge in [0.25, 0.3) is 0 Å². The number of hydrogen-bond donors (Lipinski definition) is 0. The highest BCUT2D eigenvalue weighted by Gasteiger charge is 2.61. The van der Waals surface area contributed by atoms with E-state index in [1.807, 2.05) is 0 Å². The summed E-state index contributed by atoms with van der Waals surface area (Å²) in [7, 11) is 1.72. The smallest absolute Gasteiger partial charge is 0.118 e. The van der Waals surface area contributed by atoms with Gasteiger partial charge in [0.2, 0.25) is 0 Å². The molecule has 96 valence electrons. The van der Waals surface area contributed by atoms with Crippen LogP contribution in [0.25, 0.3) is 0 Å². The van der Waals surface area contributed by atoms with E-state index < -0.39 is 0 Å². The first-order valence-electron chi connectivity index (χ1n) is 6.85. The molecule has 0 aliphatic heterocycles. The molecule has 2 aliphatic rings. The van der Waals surface area contributed by atoms with Crippen LogP contribution in [0, 0.1) is 11.3 Å². The Morgan fingerprint density at radius 2 is 1.89 bits per heavy atom. The molecule has 2 saturated carbocycles. The Morgan fingerprint density at radius 3 is 2.33 bits per heavy atom. The van der Waals surface area contributed by atoms with Gasteiger partial charge >= 0.3 is 0 Å². The van der Waals surface area contributed by atoms with Crippen LogP contribution in [0.5, 0.6) is 5.75 Å². The topological polar surface area (TPSA) is 9.23 Å². The second-order valence-electron chi connectivity index (χ2n) is 6.40. The molecule has 1 aromatic carbocycles. The summed E-state index contributed by atoms with van der Waals surface area (Å²) in [5.74, 6) is 1.75. The van der Waals surface area contributed by atoms with Gasteiger partial charge in [0, 0.05) is 5.41 Å². The number of methoxy groups -OCH3 is 1. The number of allylic oxidation sites excluding steroid dienone is 1. The first-order valence-corrected chi connectivity index (χ1v) is 6.85. The predicted octanol–water partition coefficient (Wildman–Crippen LogP) is 4.33. The fourth-order valence-electron chi connectivity index (χ4n) is 4.48. The number of benzene rings is 1. The summed E-state index contributed by atoms with van der Waals surface area (Å²) >= 11 is 0. The summed E-state index contributed by atoms with van der Waals surface area (Å²) in [6.45, 7) is 9.24. The van der Waals surface area contributed by atoms with Crippen molar-refractivity contribution >= 4 is 0 Å². The van der Waals surface area contributed by atoms with Crippen LogP contribution in [0.15, 0.2) is 36.4 Å². The van der Waals surface area contributed by atoms with Crippen molar-refractivity contribution in [1.29, 1.82) is 0 Å². The summed E-state index contributed by atoms with van der Waals surface area (Å²) in [6, 6.07) is 8.64. The van der Waals surface area contributed by atoms with E-state index in [1.165, 1.54) is 30.4 Å². The van der Waals surface area contributed by atoms with Crippen LogP contribution in [0.4, 0.5) is 0 Å². The van der Waals surface area contributed by atoms with Crippen molar-refractivity contribution in [2.75, 3.05) is 7.11 Å². The quantitative estimate of drug-likeness (QED) is 0.701. The van der Waals surface area contributed by atoms with E-state index in [-0.39, 0.29) is 5.41 Å². The molecule has 0 saturated heterocycles. The van der Waals surface area contributed by atoms with Gasteiger partial charge in [-0.1, -0.05) is 38.1 Å². The summed E-state index contributed by atoms with van der Waals surface area (Å²) in [4.78, 5) is 0. The molecule has 1 nitrogen and oxygen atoms in total. The lowest BCUT2D eigenvalue weighted by Gasteiger charge is -2.39. The van der Waals surface area contributed by atoms with E-state index >= 15 is 0 Å². The van der Waals surface area contributed by atoms with E-state index in [4.69, 9.17) is 4.74 Å². The molecule has 2 fully saturated rings. The van der Waals surface area contributed by atoms with Crippen LogP contribution in [-0.4, -0.2) is 7.11 Å². The molecule has 3 rings (SSSR count). The highest BCUT2D eigenvalue weighted by molar-refractivity contribution is 5.46. The Hall–Kier alpha value is -1.24. The average molecular weight is 242 g/mol. The van der Waals surface area contributed by atoms with Gasteiger partial charge in [0.15, 0.2) is 0 Å². The Morgan fingerprint density at radius 1 is 1.22 bits per heavy atom. The second kappa shape index (κ2) is 3.63. The van der Waals surface area contributed by atoms with Crippen LogP contribution in [0.3, 0.4) is 0 Å². The Balaban J connectivity index is 2.10. The van der Waals surface area contributed by atoms with Crippen molar-refractivity contribution in [2.45, 2.75) is 38.5 Å². The number of hydrogen-bond acceptors (Lipinski definition) is 1. The molecule has 1 aromatic rings. The van der Waals surface area contributed by atoms with Crippen molar-refractivity contribution in [3.8, 4) is 5.75 Å². The molecule has 1 heteroatoms. The zero-order valence-electron chi connectivity index (χ0n) is 11.6. The molecule has 0 aromatic heterocycles. The fraction of sp³-hybridized carbons (Fsp3) is 0.529. The minimum Gasteiger partial charge on any atom is -0.497 e. The summed E-state index contributed by atoms with van der Waals surface area (Å²) in [5.41, 5.74) is 3.41. The van der Waals surface area contributed by atoms with Gasteiger partial charge in [-0.15, -0.1) is 0 Å². The van der Waals surface area contributed by atoms with E-state index in [1.54, 1.807) is 7.11 Å². The van der Waals surface area contributed by atoms with Crippen LogP contribution in [0.1, 0.15) is 38.7 Å². The van der Waals surface area contributed by atoms with Crippen molar-refractivity contribution in [1.82, 2.24) is 0 Å². The van der Waals surface area contributed by atoms with Crippen LogP contribution in [0.2, 0.25) is 0 Å². The summed E-state index contributed by atoms with van der Waals surface area (Å²) < 4.78 is 5.27. The molecule has 0 N–H and O–H groups in total. The number of fused-ring (bicyclic) bond motifs is 2. The minimum absolute atomic E-state index is 0.198. The lowest BCUT2D eigenvalue weighted by Crippen LogP contribution is -2.35. The molecular formula is C17H22O. The predicted molar refractivity (Wildman–Crippen MR) is 74.9 cm³/mol. The maximum atomic E-state index is 5.27. The molecular weight excluding hydrogens is 220 g/mol. The van der Waals surface area contributed by atoms with Crippen molar-refractivity contribution in [2.24, 2.45) is 11.3 Å². The highest BCUT2D eigenvalue weighted by Crippen LogP contribution is 2.68. The lowest BCUT2D eigenvalue weighted by molar-refractivity contribution is 0.231. The lowest BCUT2D eigenvalue weighted by atomic mass is 9.64. The third-order valence-electron chi connectivity index (χ3n) is 5.67. The van der Waals surface area contributed by atoms with Gasteiger partial charge in [0.1, 0.15) is 5.75 Å². The standard InChI is InChI=1S/C17H22O/c1-12-11-14-9-10-17(12,16(14,2)3)13-5-7-15(18-4)8-6-13/h5-8,14H,1,9-11H2,2-4H3/t14-,17+/m1/s1. The van der Waals surface area contributed by atoms with E-state index in [9.17, 15) is 0 Å². The van der Waals surface area contributed by atoms with Crippen molar-refractivity contribution in [3.05, 3.63) is 42.0 Å². The van der Waals surface area contributed by atoms with Gasteiger partial charge in [-0.2, -0.15) is 0 Å². The Labute approximate surface area is 110 Å². The van der Waals surface area contributed by atoms with Crippen LogP contribution in [-0.2, 0) is 5.41 Å². The fourth-order valence-corrected chi connectivity index (χ4v) is 4.48. The molecule has 18 heavy (non-hydrogen) atoms. The van der Waals surface area contributed by atoms with E-state index in [0.717, 1.165) is 11.7 Å². The summed E-state index contributed by atoms with van der Waals surface area (Å²) in [6.07, 6.45) is 3.81. The SMILES string of the molecule is C=C1C[C@H]2CC[C@]1(c1ccc(OC)cc1)C2(C)C. The monoisotopic (exact) mass is 242 g/mol. The van der Waals surface area contributed by atoms with Gasteiger partial charge in [0.05, 0.1) is 7.11 Å². The van der Waals surface area contributed by atoms with Crippen molar-refractivity contribution < 1.29 is 4.74 Å². The highest BCUT2D eigenvalue weighted by atomic mass is 16.5.